The molecule has 4 atom stereocenters. The van der Waals surface area contributed by atoms with E-state index >= 15 is 0 Å². The first-order valence-electron chi connectivity index (χ1n) is 10.6. The largest absolute Gasteiger partial charge is 0.456 e. The summed E-state index contributed by atoms with van der Waals surface area (Å²) >= 11 is 0. The van der Waals surface area contributed by atoms with Gasteiger partial charge >= 0.3 is 17.9 Å². The lowest BCUT2D eigenvalue weighted by Gasteiger charge is -2.40. The molecule has 8 heteroatoms. The van der Waals surface area contributed by atoms with Crippen LogP contribution in [0.2, 0.25) is 0 Å². The van der Waals surface area contributed by atoms with E-state index in [-0.39, 0.29) is 6.61 Å². The molecule has 0 aromatic rings. The number of carbonyl (C=O) groups excluding carboxylic acids is 3. The van der Waals surface area contributed by atoms with Gasteiger partial charge < -0.3 is 23.7 Å². The van der Waals surface area contributed by atoms with Crippen LogP contribution in [0.15, 0.2) is 0 Å². The summed E-state index contributed by atoms with van der Waals surface area (Å²) in [6.07, 6.45) is 5.58. The lowest BCUT2D eigenvalue weighted by Crippen LogP contribution is -2.58. The Morgan fingerprint density at radius 1 is 0.759 bits per heavy atom. The van der Waals surface area contributed by atoms with Crippen molar-refractivity contribution in [3.63, 3.8) is 0 Å². The van der Waals surface area contributed by atoms with Crippen LogP contribution in [0.25, 0.3) is 0 Å². The van der Waals surface area contributed by atoms with Crippen LogP contribution in [0.3, 0.4) is 0 Å². The molecule has 168 valence electrons. The molecule has 0 amide bonds. The van der Waals surface area contributed by atoms with Crippen molar-refractivity contribution in [3.05, 3.63) is 0 Å². The molecule has 0 spiro atoms. The van der Waals surface area contributed by atoms with Crippen LogP contribution in [0.1, 0.15) is 79.1 Å². The van der Waals surface area contributed by atoms with Crippen molar-refractivity contribution in [2.24, 2.45) is 0 Å². The molecule has 1 rings (SSSR count). The van der Waals surface area contributed by atoms with E-state index in [1.807, 2.05) is 0 Å². The summed E-state index contributed by atoms with van der Waals surface area (Å²) in [5.74, 6) is -1.69. The first kappa shape index (κ1) is 25.4. The average molecular weight is 417 g/mol. The molecule has 1 aliphatic heterocycles. The molecule has 1 aliphatic rings. The van der Waals surface area contributed by atoms with Gasteiger partial charge in [-0.25, -0.2) is 0 Å². The van der Waals surface area contributed by atoms with Crippen LogP contribution < -0.4 is 0 Å². The molecule has 0 aliphatic carbocycles. The van der Waals surface area contributed by atoms with Crippen molar-refractivity contribution >= 4 is 17.9 Å². The van der Waals surface area contributed by atoms with E-state index in [4.69, 9.17) is 23.7 Å². The molecule has 0 aromatic heterocycles. The van der Waals surface area contributed by atoms with E-state index in [0.717, 1.165) is 19.3 Å². The summed E-state index contributed by atoms with van der Waals surface area (Å²) in [6, 6.07) is 0. The minimum Gasteiger partial charge on any atom is -0.456 e. The number of esters is 3. The highest BCUT2D eigenvalue weighted by Gasteiger charge is 2.47. The average Bonchev–Trinajstić information content (AvgIpc) is 2.63. The zero-order valence-corrected chi connectivity index (χ0v) is 18.1. The Kier molecular flexibility index (Phi) is 12.5. The fourth-order valence-corrected chi connectivity index (χ4v) is 3.29. The molecule has 0 radical (unpaired) electrons. The predicted molar refractivity (Wildman–Crippen MR) is 105 cm³/mol. The molecular formula is C21H36O8. The van der Waals surface area contributed by atoms with Gasteiger partial charge in [0.15, 0.2) is 24.6 Å². The van der Waals surface area contributed by atoms with Crippen LogP contribution in [-0.4, -0.2) is 55.7 Å². The number of carbonyl (C=O) groups is 3. The van der Waals surface area contributed by atoms with Crippen LogP contribution in [-0.2, 0) is 38.1 Å². The summed E-state index contributed by atoms with van der Waals surface area (Å²) in [7, 11) is 0. The van der Waals surface area contributed by atoms with Crippen molar-refractivity contribution < 1.29 is 38.1 Å². The van der Waals surface area contributed by atoms with Crippen molar-refractivity contribution in [2.45, 2.75) is 104 Å². The number of rotatable bonds is 13. The second kappa shape index (κ2) is 14.3. The number of unbranched alkanes of at least 4 members (excludes halogenated alkanes) is 7. The standard InChI is InChI=1S/C21H36O8/c1-5-6-7-8-9-10-11-12-13-25-21-20(29-17(4)24)19(28-16(3)23)18(14-26-21)27-15(2)22/h18-21H,5-14H2,1-4H3/t18-,19-,20+,21+/m1/s1. The van der Waals surface area contributed by atoms with Gasteiger partial charge in [-0.05, 0) is 6.42 Å². The molecule has 1 heterocycles. The highest BCUT2D eigenvalue weighted by molar-refractivity contribution is 5.68. The fraction of sp³-hybridized carbons (Fsp3) is 0.857. The molecule has 0 saturated carbocycles. The van der Waals surface area contributed by atoms with E-state index in [9.17, 15) is 14.4 Å². The van der Waals surface area contributed by atoms with Crippen molar-refractivity contribution in [1.82, 2.24) is 0 Å². The SMILES string of the molecule is CCCCCCCCCCO[C@H]1OC[C@@H](OC(C)=O)[C@@H](OC(C)=O)[C@@H]1OC(C)=O. The number of hydrogen-bond acceptors (Lipinski definition) is 8. The van der Waals surface area contributed by atoms with Gasteiger partial charge in [-0.15, -0.1) is 0 Å². The van der Waals surface area contributed by atoms with Gasteiger partial charge in [-0.2, -0.15) is 0 Å². The minimum atomic E-state index is -1.01. The molecule has 0 bridgehead atoms. The highest BCUT2D eigenvalue weighted by atomic mass is 16.7. The van der Waals surface area contributed by atoms with Gasteiger partial charge in [-0.1, -0.05) is 51.9 Å². The van der Waals surface area contributed by atoms with Crippen molar-refractivity contribution in [2.75, 3.05) is 13.2 Å². The second-order valence-electron chi connectivity index (χ2n) is 7.34. The Balaban J connectivity index is 2.55. The Bertz CT molecular complexity index is 507. The van der Waals surface area contributed by atoms with Gasteiger partial charge in [0.05, 0.1) is 6.61 Å². The summed E-state index contributed by atoms with van der Waals surface area (Å²) in [6.45, 7) is 6.35. The zero-order chi connectivity index (χ0) is 21.6. The van der Waals surface area contributed by atoms with Gasteiger partial charge in [0.25, 0.3) is 0 Å². The zero-order valence-electron chi connectivity index (χ0n) is 18.1. The van der Waals surface area contributed by atoms with E-state index in [0.29, 0.717) is 6.61 Å². The minimum absolute atomic E-state index is 0.0165. The Labute approximate surface area is 173 Å². The fourth-order valence-electron chi connectivity index (χ4n) is 3.29. The van der Waals surface area contributed by atoms with Crippen LogP contribution in [0.4, 0.5) is 0 Å². The molecule has 8 nitrogen and oxygen atoms in total. The Morgan fingerprint density at radius 3 is 1.83 bits per heavy atom. The Hall–Kier alpha value is -1.67. The van der Waals surface area contributed by atoms with E-state index < -0.39 is 42.5 Å². The second-order valence-corrected chi connectivity index (χ2v) is 7.34. The normalized spacial score (nSPS) is 24.0. The smallest absolute Gasteiger partial charge is 0.303 e. The Morgan fingerprint density at radius 2 is 1.28 bits per heavy atom. The molecular weight excluding hydrogens is 380 g/mol. The third-order valence-corrected chi connectivity index (χ3v) is 4.58. The topological polar surface area (TPSA) is 97.4 Å². The summed E-state index contributed by atoms with van der Waals surface area (Å²) in [5.41, 5.74) is 0. The van der Waals surface area contributed by atoms with Crippen molar-refractivity contribution in [1.29, 1.82) is 0 Å². The maximum atomic E-state index is 11.6. The summed E-state index contributed by atoms with van der Waals surface area (Å²) in [5, 5.41) is 0. The maximum absolute atomic E-state index is 11.6. The predicted octanol–water partition coefficient (Wildman–Crippen LogP) is 3.30. The number of ether oxygens (including phenoxy) is 5. The maximum Gasteiger partial charge on any atom is 0.303 e. The molecule has 0 N–H and O–H groups in total. The lowest BCUT2D eigenvalue weighted by atomic mass is 10.0. The van der Waals surface area contributed by atoms with Crippen molar-refractivity contribution in [3.8, 4) is 0 Å². The quantitative estimate of drug-likeness (QED) is 0.256. The van der Waals surface area contributed by atoms with Gasteiger partial charge in [0.1, 0.15) is 0 Å². The molecule has 1 saturated heterocycles. The molecule has 29 heavy (non-hydrogen) atoms. The highest BCUT2D eigenvalue weighted by Crippen LogP contribution is 2.25. The first-order chi connectivity index (χ1) is 13.8. The van der Waals surface area contributed by atoms with Crippen LogP contribution >= 0.6 is 0 Å². The van der Waals surface area contributed by atoms with Crippen LogP contribution in [0, 0.1) is 0 Å². The lowest BCUT2D eigenvalue weighted by molar-refractivity contribution is -0.281. The number of hydrogen-bond donors (Lipinski definition) is 0. The molecule has 1 fully saturated rings. The van der Waals surface area contributed by atoms with E-state index in [1.54, 1.807) is 0 Å². The van der Waals surface area contributed by atoms with Crippen LogP contribution in [0.5, 0.6) is 0 Å². The van der Waals surface area contributed by atoms with E-state index in [2.05, 4.69) is 6.92 Å². The third-order valence-electron chi connectivity index (χ3n) is 4.58. The molecule has 0 unspecified atom stereocenters. The summed E-state index contributed by atoms with van der Waals surface area (Å²) < 4.78 is 27.2. The van der Waals surface area contributed by atoms with Gasteiger partial charge in [0.2, 0.25) is 0 Å². The summed E-state index contributed by atoms with van der Waals surface area (Å²) in [4.78, 5) is 34.4. The monoisotopic (exact) mass is 416 g/mol. The third kappa shape index (κ3) is 10.6. The first-order valence-corrected chi connectivity index (χ1v) is 10.6. The molecule has 0 aromatic carbocycles. The van der Waals surface area contributed by atoms with E-state index in [1.165, 1.54) is 52.9 Å². The van der Waals surface area contributed by atoms with Gasteiger partial charge in [-0.3, -0.25) is 14.4 Å². The van der Waals surface area contributed by atoms with Gasteiger partial charge in [0, 0.05) is 27.4 Å².